The number of nitrogens with one attached hydrogen (secondary N) is 1. The summed E-state index contributed by atoms with van der Waals surface area (Å²) in [5.74, 6) is -5.44. The summed E-state index contributed by atoms with van der Waals surface area (Å²) in [6.07, 6.45) is 2.04. The largest absolute Gasteiger partial charge is 0.478 e. The highest BCUT2D eigenvalue weighted by atomic mass is 35.6. The number of nitrogens with two attached hydrogens (primary N) is 2. The van der Waals surface area contributed by atoms with Crippen LogP contribution in [0.15, 0.2) is 192 Å². The number of hydrogen-bond donors (Lipinski definition) is 5. The van der Waals surface area contributed by atoms with Gasteiger partial charge in [-0.05, 0) is 162 Å². The van der Waals surface area contributed by atoms with Gasteiger partial charge in [0.2, 0.25) is 11.6 Å². The summed E-state index contributed by atoms with van der Waals surface area (Å²) in [7, 11) is 8.13. The zero-order chi connectivity index (χ0) is 82.8. The maximum atomic E-state index is 13.6. The van der Waals surface area contributed by atoms with Crippen LogP contribution in [0.25, 0.3) is 56.5 Å². The second kappa shape index (κ2) is 43.2. The Morgan fingerprint density at radius 3 is 1.20 bits per heavy atom. The fourth-order valence-corrected chi connectivity index (χ4v) is 9.37. The third-order valence-corrected chi connectivity index (χ3v) is 16.3. The molecule has 0 bridgehead atoms. The predicted molar refractivity (Wildman–Crippen MR) is 419 cm³/mol. The molecule has 0 saturated heterocycles. The predicted octanol–water partition coefficient (Wildman–Crippen LogP) is 14.6. The van der Waals surface area contributed by atoms with Gasteiger partial charge in [0.15, 0.2) is 5.84 Å². The van der Waals surface area contributed by atoms with Gasteiger partial charge in [-0.15, -0.1) is 0 Å². The van der Waals surface area contributed by atoms with Crippen molar-refractivity contribution >= 4 is 139 Å². The van der Waals surface area contributed by atoms with Crippen molar-refractivity contribution in [3.8, 4) is 56.5 Å². The molecule has 0 aliphatic rings. The van der Waals surface area contributed by atoms with Crippen LogP contribution in [0.3, 0.4) is 0 Å². The molecule has 5 aromatic heterocycles. The van der Waals surface area contributed by atoms with E-state index in [2.05, 4.69) is 69.9 Å². The number of oxime groups is 1. The van der Waals surface area contributed by atoms with Gasteiger partial charge < -0.3 is 45.9 Å². The lowest BCUT2D eigenvalue weighted by Gasteiger charge is -2.09. The Labute approximate surface area is 683 Å². The highest BCUT2D eigenvalue weighted by molar-refractivity contribution is 6.88. The molecule has 0 aliphatic carbocycles. The lowest BCUT2D eigenvalue weighted by molar-refractivity contribution is -0.136. The number of aromatic nitrogens is 10. The number of hydrogen-bond acceptors (Lipinski definition) is 20. The maximum Gasteiger partial charge on any atom is 0.356 e. The molecule has 0 atom stereocenters. The molecular formula is C71H64Cl10F6N16O9. The van der Waals surface area contributed by atoms with Gasteiger partial charge in [-0.25, -0.2) is 45.2 Å². The minimum Gasteiger partial charge on any atom is -0.478 e. The van der Waals surface area contributed by atoms with Crippen molar-refractivity contribution in [3.63, 3.8) is 0 Å². The SMILES string of the molecule is CN(C)CCCN.CN(C)CCCNc1nc(-c2cccc(Cn3nc(-c4cc(F)cc(F)c4)ccc3=O)c2)no1.N/C(=N\O)c1cccc(Cn2nc(-c3cc(F)cc(F)c3)ccc2=O)c1.O=C(Cl)C(Cl)(Cl)Cl.O=C(O)C(Cl)(Cl)Cl.O=c1ccc(-c2cc(F)cc(F)c2)nn1Cc1cccc(-c2noc(C(Cl)(Cl)Cl)n2)c1. The first-order chi connectivity index (χ1) is 52.7. The Hall–Kier alpha value is -9.19. The van der Waals surface area contributed by atoms with E-state index in [0.29, 0.717) is 40.6 Å². The Morgan fingerprint density at radius 2 is 0.866 bits per heavy atom. The fraction of sp³-hybridized carbons (Fsp3) is 0.225. The van der Waals surface area contributed by atoms with Crippen LogP contribution in [0.4, 0.5) is 32.4 Å². The summed E-state index contributed by atoms with van der Waals surface area (Å²) in [6.45, 7) is 3.92. The number of aliphatic carboxylic acids is 1. The summed E-state index contributed by atoms with van der Waals surface area (Å²) in [5.41, 5.74) is 15.1. The molecule has 11 aromatic rings. The topological polar surface area (TPSA) is 340 Å². The smallest absolute Gasteiger partial charge is 0.356 e. The highest BCUT2D eigenvalue weighted by Gasteiger charge is 2.32. The standard InChI is InChI=1S/C24H24F2N6O2.C20H11Cl3F2N4O2.C18H14F2N4O2.C5H14N2.C2Cl4O.C2HCl3O2/c1-31(2)10-4-9-27-24-28-23(30-34-24)17-6-3-5-16(11-17)15-32-22(33)8-7-21(29-32)18-12-19(25)14-20(26)13-18;21-20(22,23)19-26-18(28-31-19)12-3-1-2-11(6-12)10-29-17(30)5-4-16(27-29)13-7-14(24)9-15(25)8-13;19-14-7-13(8-15(20)9-14)16-4-5-17(25)24(22-16)10-11-2-1-3-12(6-11)18(21)23-26;1-7(2)5-3-4-6;3-1(7)2(4,5)6;3-2(4,5)1(6)7/h3,5-8,11-14H,4,9-10,15H2,1-2H3,(H,27,28,30);1-9H,10H2;1-9,26H,10H2,(H2,21,23);3-6H2,1-2H3;;(H,6,7). The van der Waals surface area contributed by atoms with E-state index >= 15 is 0 Å². The van der Waals surface area contributed by atoms with Crippen molar-refractivity contribution in [3.05, 3.63) is 258 Å². The van der Waals surface area contributed by atoms with E-state index in [1.54, 1.807) is 48.5 Å². The minimum absolute atomic E-state index is 0.0591. The number of benzene rings is 6. The van der Waals surface area contributed by atoms with Crippen LogP contribution >= 0.6 is 116 Å². The molecule has 41 heteroatoms. The van der Waals surface area contributed by atoms with Gasteiger partial charge in [-0.2, -0.15) is 25.3 Å². The summed E-state index contributed by atoms with van der Waals surface area (Å²) in [6, 6.07) is 38.7. The van der Waals surface area contributed by atoms with Crippen LogP contribution in [-0.2, 0) is 33.0 Å². The van der Waals surface area contributed by atoms with Crippen molar-refractivity contribution in [1.29, 1.82) is 0 Å². The molecule has 0 spiro atoms. The number of carbonyl (C=O) groups is 2. The molecule has 7 N–H and O–H groups in total. The van der Waals surface area contributed by atoms with E-state index in [1.807, 2.05) is 38.4 Å². The van der Waals surface area contributed by atoms with Crippen molar-refractivity contribution in [1.82, 2.24) is 59.4 Å². The number of carboxylic acids is 1. The van der Waals surface area contributed by atoms with Gasteiger partial charge in [0.25, 0.3) is 39.2 Å². The van der Waals surface area contributed by atoms with Crippen LogP contribution in [0.1, 0.15) is 41.0 Å². The molecule has 0 aliphatic heterocycles. The lowest BCUT2D eigenvalue weighted by atomic mass is 10.1. The minimum atomic E-state index is -2.17. The summed E-state index contributed by atoms with van der Waals surface area (Å²) >= 11 is 51.1. The van der Waals surface area contributed by atoms with Gasteiger partial charge in [0.05, 0.1) is 36.7 Å². The zero-order valence-electron chi connectivity index (χ0n) is 58.7. The molecule has 0 amide bonds. The van der Waals surface area contributed by atoms with E-state index in [1.165, 1.54) is 62.6 Å². The second-order valence-corrected chi connectivity index (χ2v) is 30.8. The molecule has 5 heterocycles. The number of amidine groups is 1. The Kier molecular flexibility index (Phi) is 35.3. The Morgan fingerprint density at radius 1 is 0.509 bits per heavy atom. The Balaban J connectivity index is 0.000000233. The van der Waals surface area contributed by atoms with E-state index in [4.69, 9.17) is 147 Å². The van der Waals surface area contributed by atoms with E-state index < -0.39 is 57.5 Å². The van der Waals surface area contributed by atoms with Crippen LogP contribution in [0.5, 0.6) is 0 Å². The summed E-state index contributed by atoms with van der Waals surface area (Å²) < 4.78 is 89.0. The van der Waals surface area contributed by atoms with Crippen LogP contribution in [0, 0.1) is 34.9 Å². The number of halogens is 16. The van der Waals surface area contributed by atoms with E-state index in [0.717, 1.165) is 86.1 Å². The van der Waals surface area contributed by atoms with Crippen LogP contribution in [0.2, 0.25) is 0 Å². The molecule has 0 fully saturated rings. The number of rotatable bonds is 20. The highest BCUT2D eigenvalue weighted by Crippen LogP contribution is 2.38. The van der Waals surface area contributed by atoms with Gasteiger partial charge in [0.1, 0.15) is 34.9 Å². The third kappa shape index (κ3) is 30.7. The number of nitrogens with zero attached hydrogens (tertiary/aromatic N) is 13. The molecule has 594 valence electrons. The van der Waals surface area contributed by atoms with Crippen molar-refractivity contribution in [2.45, 2.75) is 43.9 Å². The molecule has 6 aromatic carbocycles. The number of anilines is 1. The molecule has 0 unspecified atom stereocenters. The number of carboxylic acid groups (broad SMARTS) is 1. The number of alkyl halides is 9. The molecule has 25 nitrogen and oxygen atoms in total. The Bertz CT molecular complexity index is 5130. The molecule has 0 radical (unpaired) electrons. The quantitative estimate of drug-likeness (QED) is 0.00691. The normalized spacial score (nSPS) is 11.4. The number of carbonyl (C=O) groups excluding carboxylic acids is 1. The molecule has 11 rings (SSSR count). The third-order valence-electron chi connectivity index (χ3n) is 14.2. The van der Waals surface area contributed by atoms with Gasteiger partial charge >= 0.3 is 12.0 Å². The van der Waals surface area contributed by atoms with Crippen LogP contribution < -0.4 is 33.5 Å². The van der Waals surface area contributed by atoms with Crippen LogP contribution in [-0.4, -0.2) is 149 Å². The lowest BCUT2D eigenvalue weighted by Crippen LogP contribution is -2.23. The van der Waals surface area contributed by atoms with Crippen molar-refractivity contribution < 1.29 is 55.3 Å². The average molecular weight is 1750 g/mol. The first-order valence-electron chi connectivity index (χ1n) is 32.1. The van der Waals surface area contributed by atoms with E-state index in [-0.39, 0.29) is 87.6 Å². The van der Waals surface area contributed by atoms with E-state index in [9.17, 15) is 50.3 Å². The van der Waals surface area contributed by atoms with Crippen molar-refractivity contribution in [2.24, 2.45) is 16.6 Å². The molecular weight excluding hydrogens is 1690 g/mol. The maximum absolute atomic E-state index is 13.6. The fourth-order valence-electron chi connectivity index (χ4n) is 9.14. The second-order valence-electron chi connectivity index (χ2n) is 23.7. The molecule has 112 heavy (non-hydrogen) atoms. The van der Waals surface area contributed by atoms with Gasteiger partial charge in [-0.1, -0.05) is 174 Å². The monoisotopic (exact) mass is 1750 g/mol. The summed E-state index contributed by atoms with van der Waals surface area (Å²) in [5, 5.41) is 42.2. The summed E-state index contributed by atoms with van der Waals surface area (Å²) in [4.78, 5) is 68.8. The van der Waals surface area contributed by atoms with Crippen molar-refractivity contribution in [2.75, 3.05) is 59.7 Å². The first-order valence-corrected chi connectivity index (χ1v) is 35.9. The average Bonchev–Trinajstić information content (AvgIpc) is 1.46. The molecule has 0 saturated carbocycles. The van der Waals surface area contributed by atoms with Gasteiger partial charge in [0, 0.05) is 76.3 Å². The van der Waals surface area contributed by atoms with Gasteiger partial charge in [-0.3, -0.25) is 19.2 Å². The zero-order valence-corrected chi connectivity index (χ0v) is 66.3. The first kappa shape index (κ1) is 91.7.